The number of hydrogen-bond acceptors (Lipinski definition) is 5. The minimum atomic E-state index is -0.197. The number of nitrogens with zero attached hydrogens (tertiary/aromatic N) is 4. The first kappa shape index (κ1) is 22.2. The lowest BCUT2D eigenvalue weighted by Gasteiger charge is -2.22. The van der Waals surface area contributed by atoms with E-state index in [4.69, 9.17) is 9.47 Å². The van der Waals surface area contributed by atoms with Crippen LogP contribution in [0.25, 0.3) is 5.69 Å². The molecule has 4 aromatic rings. The molecule has 0 radical (unpaired) electrons. The van der Waals surface area contributed by atoms with Crippen LogP contribution in [0.3, 0.4) is 0 Å². The first-order valence-electron chi connectivity index (χ1n) is 11.3. The second kappa shape index (κ2) is 9.35. The van der Waals surface area contributed by atoms with Crippen molar-refractivity contribution in [1.29, 1.82) is 5.26 Å². The fourth-order valence-corrected chi connectivity index (χ4v) is 4.29. The first-order valence-corrected chi connectivity index (χ1v) is 11.3. The van der Waals surface area contributed by atoms with E-state index in [1.165, 1.54) is 0 Å². The molecule has 0 bridgehead atoms. The van der Waals surface area contributed by atoms with Gasteiger partial charge in [0.15, 0.2) is 0 Å². The Morgan fingerprint density at radius 3 is 2.69 bits per heavy atom. The minimum absolute atomic E-state index is 0.197. The molecule has 1 aromatic heterocycles. The van der Waals surface area contributed by atoms with Gasteiger partial charge in [0.25, 0.3) is 5.91 Å². The van der Waals surface area contributed by atoms with Gasteiger partial charge in [-0.25, -0.2) is 4.68 Å². The van der Waals surface area contributed by atoms with E-state index in [-0.39, 0.29) is 5.91 Å². The molecule has 0 saturated heterocycles. The summed E-state index contributed by atoms with van der Waals surface area (Å²) in [4.78, 5) is 15.3. The number of methoxy groups -OCH3 is 1. The normalized spacial score (nSPS) is 12.9. The SMILES string of the molecule is COc1ccc(C#N)c(N2CCOc3cc(C)c(Cc4ccc(-n5cccn5)cc4)cc3C2=O)c1. The summed E-state index contributed by atoms with van der Waals surface area (Å²) in [5.41, 5.74) is 5.63. The van der Waals surface area contributed by atoms with E-state index in [1.807, 2.05) is 48.1 Å². The van der Waals surface area contributed by atoms with E-state index in [9.17, 15) is 10.1 Å². The van der Waals surface area contributed by atoms with Crippen LogP contribution in [0.1, 0.15) is 32.6 Å². The maximum absolute atomic E-state index is 13.7. The summed E-state index contributed by atoms with van der Waals surface area (Å²) < 4.78 is 13.1. The number of hydrogen-bond donors (Lipinski definition) is 0. The van der Waals surface area contributed by atoms with Crippen molar-refractivity contribution in [2.24, 2.45) is 0 Å². The van der Waals surface area contributed by atoms with Gasteiger partial charge >= 0.3 is 0 Å². The number of benzene rings is 3. The van der Waals surface area contributed by atoms with E-state index in [2.05, 4.69) is 23.3 Å². The molecule has 0 atom stereocenters. The molecule has 0 fully saturated rings. The number of carbonyl (C=O) groups is 1. The Bertz CT molecular complexity index is 1420. The summed E-state index contributed by atoms with van der Waals surface area (Å²) in [5.74, 6) is 0.951. The van der Waals surface area contributed by atoms with Gasteiger partial charge in [0.05, 0.1) is 36.2 Å². The van der Waals surface area contributed by atoms with Gasteiger partial charge in [-0.1, -0.05) is 12.1 Å². The van der Waals surface area contributed by atoms with Gasteiger partial charge in [-0.15, -0.1) is 0 Å². The van der Waals surface area contributed by atoms with Crippen molar-refractivity contribution in [2.45, 2.75) is 13.3 Å². The molecule has 0 unspecified atom stereocenters. The highest BCUT2D eigenvalue weighted by Gasteiger charge is 2.28. The third-order valence-electron chi connectivity index (χ3n) is 6.20. The quantitative estimate of drug-likeness (QED) is 0.428. The van der Waals surface area contributed by atoms with Gasteiger partial charge in [-0.05, 0) is 72.5 Å². The number of fused-ring (bicyclic) bond motifs is 1. The first-order chi connectivity index (χ1) is 17.1. The Balaban J connectivity index is 1.47. The molecule has 174 valence electrons. The number of nitriles is 1. The molecule has 0 saturated carbocycles. The zero-order chi connectivity index (χ0) is 24.4. The van der Waals surface area contributed by atoms with Crippen molar-refractivity contribution < 1.29 is 14.3 Å². The molecule has 7 heteroatoms. The maximum atomic E-state index is 13.7. The number of anilines is 1. The highest BCUT2D eigenvalue weighted by molar-refractivity contribution is 6.09. The summed E-state index contributed by atoms with van der Waals surface area (Å²) in [6.07, 6.45) is 4.33. The van der Waals surface area contributed by atoms with Crippen molar-refractivity contribution in [3.05, 3.63) is 101 Å². The van der Waals surface area contributed by atoms with Crippen LogP contribution in [-0.2, 0) is 6.42 Å². The molecule has 2 heterocycles. The summed E-state index contributed by atoms with van der Waals surface area (Å²) >= 11 is 0. The van der Waals surface area contributed by atoms with E-state index < -0.39 is 0 Å². The predicted octanol–water partition coefficient (Wildman–Crippen LogP) is 4.69. The lowest BCUT2D eigenvalue weighted by molar-refractivity contribution is 0.0989. The molecule has 0 spiro atoms. The molecular weight excluding hydrogens is 440 g/mol. The van der Waals surface area contributed by atoms with Crippen LogP contribution in [0.5, 0.6) is 11.5 Å². The standard InChI is InChI=1S/C28H24N4O3/c1-19-14-27-25(16-22(19)15-20-4-7-23(8-5-20)32-11-3-10-30-32)28(33)31(12-13-35-27)26-17-24(34-2)9-6-21(26)18-29/h3-11,14,16-17H,12-13,15H2,1-2H3. The fourth-order valence-electron chi connectivity index (χ4n) is 4.29. The second-order valence-electron chi connectivity index (χ2n) is 8.37. The molecule has 35 heavy (non-hydrogen) atoms. The van der Waals surface area contributed by atoms with E-state index >= 15 is 0 Å². The van der Waals surface area contributed by atoms with Gasteiger partial charge < -0.3 is 14.4 Å². The molecular formula is C28H24N4O3. The number of aromatic nitrogens is 2. The van der Waals surface area contributed by atoms with Gasteiger partial charge in [0, 0.05) is 18.5 Å². The zero-order valence-electron chi connectivity index (χ0n) is 19.6. The highest BCUT2D eigenvalue weighted by Crippen LogP contribution is 2.33. The van der Waals surface area contributed by atoms with Crippen molar-refractivity contribution >= 4 is 11.6 Å². The number of aryl methyl sites for hydroxylation is 1. The van der Waals surface area contributed by atoms with Crippen molar-refractivity contribution in [1.82, 2.24) is 9.78 Å². The average molecular weight is 465 g/mol. The van der Waals surface area contributed by atoms with Crippen LogP contribution in [0.15, 0.2) is 73.1 Å². The number of amides is 1. The second-order valence-corrected chi connectivity index (χ2v) is 8.37. The average Bonchev–Trinajstić information content (AvgIpc) is 3.38. The van der Waals surface area contributed by atoms with Crippen molar-refractivity contribution in [3.63, 3.8) is 0 Å². The maximum Gasteiger partial charge on any atom is 0.262 e. The van der Waals surface area contributed by atoms with Gasteiger partial charge in [0.1, 0.15) is 24.2 Å². The molecule has 0 N–H and O–H groups in total. The lowest BCUT2D eigenvalue weighted by Crippen LogP contribution is -2.33. The summed E-state index contributed by atoms with van der Waals surface area (Å²) in [6, 6.07) is 21.2. The minimum Gasteiger partial charge on any atom is -0.497 e. The number of ether oxygens (including phenoxy) is 2. The molecule has 1 aliphatic rings. The molecule has 1 aliphatic heterocycles. The largest absolute Gasteiger partial charge is 0.497 e. The van der Waals surface area contributed by atoms with E-state index in [0.717, 1.165) is 22.4 Å². The smallest absolute Gasteiger partial charge is 0.262 e. The monoisotopic (exact) mass is 464 g/mol. The lowest BCUT2D eigenvalue weighted by atomic mass is 9.96. The van der Waals surface area contributed by atoms with Crippen LogP contribution in [0.2, 0.25) is 0 Å². The topological polar surface area (TPSA) is 80.4 Å². The number of carbonyl (C=O) groups excluding carboxylic acids is 1. The van der Waals surface area contributed by atoms with Crippen LogP contribution in [-0.4, -0.2) is 35.9 Å². The van der Waals surface area contributed by atoms with Crippen molar-refractivity contribution in [2.75, 3.05) is 25.2 Å². The Morgan fingerprint density at radius 2 is 1.97 bits per heavy atom. The molecule has 3 aromatic carbocycles. The predicted molar refractivity (Wildman–Crippen MR) is 132 cm³/mol. The summed E-state index contributed by atoms with van der Waals surface area (Å²) in [6.45, 7) is 2.69. The third kappa shape index (κ3) is 4.34. The Morgan fingerprint density at radius 1 is 1.14 bits per heavy atom. The third-order valence-corrected chi connectivity index (χ3v) is 6.20. The molecule has 1 amide bonds. The van der Waals surface area contributed by atoms with Gasteiger partial charge in [-0.3, -0.25) is 4.79 Å². The molecule has 7 nitrogen and oxygen atoms in total. The van der Waals surface area contributed by atoms with Crippen molar-refractivity contribution in [3.8, 4) is 23.3 Å². The van der Waals surface area contributed by atoms with Gasteiger partial charge in [-0.2, -0.15) is 10.4 Å². The summed E-state index contributed by atoms with van der Waals surface area (Å²) in [5, 5.41) is 13.9. The van der Waals surface area contributed by atoms with E-state index in [1.54, 1.807) is 36.4 Å². The zero-order valence-corrected chi connectivity index (χ0v) is 19.6. The van der Waals surface area contributed by atoms with Crippen LogP contribution in [0, 0.1) is 18.3 Å². The number of rotatable bonds is 5. The molecule has 5 rings (SSSR count). The Hall–Kier alpha value is -4.57. The van der Waals surface area contributed by atoms with Crippen LogP contribution < -0.4 is 14.4 Å². The Labute approximate surface area is 203 Å². The summed E-state index contributed by atoms with van der Waals surface area (Å²) in [7, 11) is 1.56. The van der Waals surface area contributed by atoms with Gasteiger partial charge in [0.2, 0.25) is 0 Å². The fraction of sp³-hybridized carbons (Fsp3) is 0.179. The van der Waals surface area contributed by atoms with Crippen LogP contribution in [0.4, 0.5) is 5.69 Å². The highest BCUT2D eigenvalue weighted by atomic mass is 16.5. The van der Waals surface area contributed by atoms with E-state index in [0.29, 0.717) is 47.9 Å². The Kier molecular flexibility index (Phi) is 5.94. The van der Waals surface area contributed by atoms with Crippen LogP contribution >= 0.6 is 0 Å². The molecule has 0 aliphatic carbocycles.